The first kappa shape index (κ1) is 14.4. The van der Waals surface area contributed by atoms with E-state index in [2.05, 4.69) is 31.5 Å². The fourth-order valence-electron chi connectivity index (χ4n) is 2.24. The fraction of sp³-hybridized carbons (Fsp3) is 0.333. The van der Waals surface area contributed by atoms with E-state index in [-0.39, 0.29) is 18.1 Å². The van der Waals surface area contributed by atoms with Crippen molar-refractivity contribution in [1.29, 1.82) is 0 Å². The highest BCUT2D eigenvalue weighted by atomic mass is 79.9. The summed E-state index contributed by atoms with van der Waals surface area (Å²) in [4.78, 5) is 16.4. The monoisotopic (exact) mass is 349 g/mol. The summed E-state index contributed by atoms with van der Waals surface area (Å²) in [5, 5.41) is 6.97. The third kappa shape index (κ3) is 3.23. The van der Waals surface area contributed by atoms with E-state index in [1.54, 1.807) is 6.20 Å². The maximum absolute atomic E-state index is 12.0. The van der Waals surface area contributed by atoms with Gasteiger partial charge in [0.05, 0.1) is 16.8 Å². The number of benzene rings is 1. The van der Waals surface area contributed by atoms with E-state index in [9.17, 15) is 4.79 Å². The average molecular weight is 350 g/mol. The van der Waals surface area contributed by atoms with Crippen molar-refractivity contribution < 1.29 is 9.53 Å². The van der Waals surface area contributed by atoms with Crippen molar-refractivity contribution in [2.75, 3.05) is 25.0 Å². The molecule has 110 valence electrons. The van der Waals surface area contributed by atoms with Gasteiger partial charge in [-0.3, -0.25) is 9.78 Å². The van der Waals surface area contributed by atoms with Gasteiger partial charge in [-0.25, -0.2) is 0 Å². The number of hydrogen-bond donors (Lipinski definition) is 2. The Labute approximate surface area is 131 Å². The number of halogens is 1. The summed E-state index contributed by atoms with van der Waals surface area (Å²) < 4.78 is 6.54. The molecule has 2 aromatic rings. The van der Waals surface area contributed by atoms with Gasteiger partial charge >= 0.3 is 0 Å². The minimum absolute atomic E-state index is 0.0467. The van der Waals surface area contributed by atoms with Crippen molar-refractivity contribution in [1.82, 2.24) is 10.3 Å². The normalized spacial score (nSPS) is 16.5. The van der Waals surface area contributed by atoms with E-state index in [4.69, 9.17) is 4.74 Å². The lowest BCUT2D eigenvalue weighted by molar-refractivity contribution is -0.130. The molecule has 3 rings (SSSR count). The van der Waals surface area contributed by atoms with E-state index in [0.29, 0.717) is 5.69 Å². The smallest absolute Gasteiger partial charge is 0.250 e. The molecule has 0 spiro atoms. The van der Waals surface area contributed by atoms with Gasteiger partial charge in [0, 0.05) is 29.1 Å². The molecule has 0 saturated carbocycles. The molecule has 2 heterocycles. The fourth-order valence-corrected chi connectivity index (χ4v) is 2.59. The summed E-state index contributed by atoms with van der Waals surface area (Å²) in [6.07, 6.45) is 1.72. The molecule has 1 fully saturated rings. The molecule has 5 nitrogen and oxygen atoms in total. The first-order valence-corrected chi connectivity index (χ1v) is 7.54. The number of carbonyl (C=O) groups is 1. The van der Waals surface area contributed by atoms with Crippen LogP contribution >= 0.6 is 15.9 Å². The first-order valence-electron chi connectivity index (χ1n) is 6.75. The van der Waals surface area contributed by atoms with Crippen LogP contribution in [0.3, 0.4) is 0 Å². The van der Waals surface area contributed by atoms with Gasteiger partial charge < -0.3 is 15.4 Å². The SMILES string of the molecule is CC1(OCC(=O)Nc2cccc3cc(Br)cnc23)CNC1. The maximum atomic E-state index is 12.0. The third-order valence-electron chi connectivity index (χ3n) is 3.50. The number of para-hydroxylation sites is 1. The molecule has 0 radical (unpaired) electrons. The highest BCUT2D eigenvalue weighted by molar-refractivity contribution is 9.10. The highest BCUT2D eigenvalue weighted by Crippen LogP contribution is 2.24. The lowest BCUT2D eigenvalue weighted by Crippen LogP contribution is -2.59. The van der Waals surface area contributed by atoms with Gasteiger partial charge in [-0.1, -0.05) is 12.1 Å². The lowest BCUT2D eigenvalue weighted by Gasteiger charge is -2.38. The molecule has 1 saturated heterocycles. The number of rotatable bonds is 4. The molecule has 2 N–H and O–H groups in total. The van der Waals surface area contributed by atoms with Gasteiger partial charge in [-0.05, 0) is 35.0 Å². The van der Waals surface area contributed by atoms with E-state index < -0.39 is 0 Å². The Morgan fingerprint density at radius 2 is 2.33 bits per heavy atom. The van der Waals surface area contributed by atoms with Crippen LogP contribution < -0.4 is 10.6 Å². The van der Waals surface area contributed by atoms with Crippen LogP contribution in [0.1, 0.15) is 6.92 Å². The van der Waals surface area contributed by atoms with Crippen molar-refractivity contribution in [3.05, 3.63) is 34.9 Å². The first-order chi connectivity index (χ1) is 10.1. The zero-order chi connectivity index (χ0) is 14.9. The molecule has 0 atom stereocenters. The second kappa shape index (κ2) is 5.71. The van der Waals surface area contributed by atoms with E-state index in [1.807, 2.05) is 31.2 Å². The predicted octanol–water partition coefficient (Wildman–Crippen LogP) is 2.31. The number of amides is 1. The number of carbonyl (C=O) groups excluding carboxylic acids is 1. The van der Waals surface area contributed by atoms with Gasteiger partial charge in [-0.15, -0.1) is 0 Å². The van der Waals surface area contributed by atoms with Crippen LogP contribution in [0.5, 0.6) is 0 Å². The second-order valence-electron chi connectivity index (χ2n) is 5.42. The third-order valence-corrected chi connectivity index (χ3v) is 3.93. The highest BCUT2D eigenvalue weighted by Gasteiger charge is 2.33. The molecule has 1 aromatic heterocycles. The number of fused-ring (bicyclic) bond motifs is 1. The Morgan fingerprint density at radius 3 is 3.05 bits per heavy atom. The van der Waals surface area contributed by atoms with Crippen LogP contribution in [0.4, 0.5) is 5.69 Å². The number of hydrogen-bond acceptors (Lipinski definition) is 4. The molecule has 1 amide bonds. The lowest BCUT2D eigenvalue weighted by atomic mass is 10.0. The number of aromatic nitrogens is 1. The van der Waals surface area contributed by atoms with Gasteiger partial charge in [0.2, 0.25) is 5.91 Å². The van der Waals surface area contributed by atoms with Crippen molar-refractivity contribution in [2.24, 2.45) is 0 Å². The molecule has 0 aliphatic carbocycles. The zero-order valence-corrected chi connectivity index (χ0v) is 13.2. The Kier molecular flexibility index (Phi) is 3.93. The maximum Gasteiger partial charge on any atom is 0.250 e. The van der Waals surface area contributed by atoms with Crippen molar-refractivity contribution in [2.45, 2.75) is 12.5 Å². The summed E-state index contributed by atoms with van der Waals surface area (Å²) in [6.45, 7) is 3.60. The number of anilines is 1. The number of ether oxygens (including phenoxy) is 1. The van der Waals surface area contributed by atoms with Crippen molar-refractivity contribution in [3.8, 4) is 0 Å². The number of pyridine rings is 1. The summed E-state index contributed by atoms with van der Waals surface area (Å²) in [5.41, 5.74) is 1.25. The van der Waals surface area contributed by atoms with Gasteiger partial charge in [0.25, 0.3) is 0 Å². The van der Waals surface area contributed by atoms with Crippen LogP contribution in [0.25, 0.3) is 10.9 Å². The molecule has 21 heavy (non-hydrogen) atoms. The molecule has 1 aromatic carbocycles. The van der Waals surface area contributed by atoms with Gasteiger partial charge in [0.15, 0.2) is 0 Å². The summed E-state index contributed by atoms with van der Waals surface area (Å²) in [7, 11) is 0. The van der Waals surface area contributed by atoms with Crippen LogP contribution in [0.15, 0.2) is 34.9 Å². The Morgan fingerprint density at radius 1 is 1.52 bits per heavy atom. The zero-order valence-electron chi connectivity index (χ0n) is 11.6. The van der Waals surface area contributed by atoms with Crippen LogP contribution in [-0.2, 0) is 9.53 Å². The standard InChI is InChI=1S/C15H16BrN3O2/c1-15(8-17-9-15)21-7-13(20)19-12-4-2-3-10-5-11(16)6-18-14(10)12/h2-6,17H,7-9H2,1H3,(H,19,20). The average Bonchev–Trinajstić information content (AvgIpc) is 2.43. The Bertz CT molecular complexity index is 686. The van der Waals surface area contributed by atoms with Crippen molar-refractivity contribution >= 4 is 38.4 Å². The minimum atomic E-state index is -0.223. The van der Waals surface area contributed by atoms with E-state index >= 15 is 0 Å². The summed E-state index contributed by atoms with van der Waals surface area (Å²) in [5.74, 6) is -0.166. The van der Waals surface area contributed by atoms with Crippen LogP contribution in [0, 0.1) is 0 Å². The molecule has 6 heteroatoms. The van der Waals surface area contributed by atoms with Crippen molar-refractivity contribution in [3.63, 3.8) is 0 Å². The molecule has 1 aliphatic rings. The molecule has 0 unspecified atom stereocenters. The Balaban J connectivity index is 1.71. The Hall–Kier alpha value is -1.50. The number of nitrogens with one attached hydrogen (secondary N) is 2. The predicted molar refractivity (Wildman–Crippen MR) is 85.3 cm³/mol. The minimum Gasteiger partial charge on any atom is -0.363 e. The second-order valence-corrected chi connectivity index (χ2v) is 6.34. The quantitative estimate of drug-likeness (QED) is 0.888. The van der Waals surface area contributed by atoms with Crippen LogP contribution in [-0.4, -0.2) is 36.2 Å². The summed E-state index contributed by atoms with van der Waals surface area (Å²) in [6, 6.07) is 7.66. The van der Waals surface area contributed by atoms with E-state index in [0.717, 1.165) is 28.5 Å². The van der Waals surface area contributed by atoms with Gasteiger partial charge in [0.1, 0.15) is 6.61 Å². The molecular formula is C15H16BrN3O2. The largest absolute Gasteiger partial charge is 0.363 e. The topological polar surface area (TPSA) is 63.2 Å². The summed E-state index contributed by atoms with van der Waals surface area (Å²) >= 11 is 3.39. The van der Waals surface area contributed by atoms with Crippen LogP contribution in [0.2, 0.25) is 0 Å². The molecule has 0 bridgehead atoms. The molecular weight excluding hydrogens is 334 g/mol. The molecule has 1 aliphatic heterocycles. The van der Waals surface area contributed by atoms with E-state index in [1.165, 1.54) is 0 Å². The van der Waals surface area contributed by atoms with Gasteiger partial charge in [-0.2, -0.15) is 0 Å². The number of nitrogens with zero attached hydrogens (tertiary/aromatic N) is 1.